The highest BCUT2D eigenvalue weighted by Crippen LogP contribution is 2.27. The first-order chi connectivity index (χ1) is 15.8. The molecular formula is C25H41FN2O6. The van der Waals surface area contributed by atoms with Crippen LogP contribution >= 0.6 is 0 Å². The molecule has 0 aliphatic carbocycles. The Balaban J connectivity index is 2.06. The molecule has 1 unspecified atom stereocenters. The summed E-state index contributed by atoms with van der Waals surface area (Å²) in [6.07, 6.45) is 0.820. The topological polar surface area (TPSA) is 101 Å². The minimum atomic E-state index is -1.68. The van der Waals surface area contributed by atoms with E-state index in [0.717, 1.165) is 36.5 Å². The number of halogens is 1. The van der Waals surface area contributed by atoms with Gasteiger partial charge in [0.05, 0.1) is 18.8 Å². The lowest BCUT2D eigenvalue weighted by Gasteiger charge is -2.36. The number of ether oxygens (including phenoxy) is 3. The number of aromatic nitrogens is 1. The van der Waals surface area contributed by atoms with Gasteiger partial charge in [-0.25, -0.2) is 9.18 Å². The van der Waals surface area contributed by atoms with Gasteiger partial charge in [0.25, 0.3) is 0 Å². The number of rotatable bonds is 10. The van der Waals surface area contributed by atoms with E-state index >= 15 is 0 Å². The van der Waals surface area contributed by atoms with E-state index in [2.05, 4.69) is 4.98 Å². The van der Waals surface area contributed by atoms with Crippen LogP contribution in [0.1, 0.15) is 71.1 Å². The van der Waals surface area contributed by atoms with Crippen LogP contribution < -0.4 is 0 Å². The van der Waals surface area contributed by atoms with Gasteiger partial charge in [-0.3, -0.25) is 4.98 Å². The summed E-state index contributed by atoms with van der Waals surface area (Å²) in [4.78, 5) is 18.2. The van der Waals surface area contributed by atoms with Crippen molar-refractivity contribution in [2.24, 2.45) is 0 Å². The quantitative estimate of drug-likeness (QED) is 0.490. The molecule has 1 saturated heterocycles. The fourth-order valence-corrected chi connectivity index (χ4v) is 3.90. The average molecular weight is 485 g/mol. The summed E-state index contributed by atoms with van der Waals surface area (Å²) in [6, 6.07) is 2.89. The van der Waals surface area contributed by atoms with Crippen LogP contribution in [0.2, 0.25) is 0 Å². The zero-order valence-corrected chi connectivity index (χ0v) is 21.3. The van der Waals surface area contributed by atoms with E-state index in [-0.39, 0.29) is 19.4 Å². The second kappa shape index (κ2) is 12.2. The fraction of sp³-hybridized carbons (Fsp3) is 0.760. The van der Waals surface area contributed by atoms with E-state index in [0.29, 0.717) is 11.6 Å². The molecule has 1 aliphatic rings. The van der Waals surface area contributed by atoms with E-state index in [1.165, 1.54) is 20.9 Å². The standard InChI is InChI=1S/C25H41FN2O6/c1-24(2,3)34-23(31)28(6)21(14-25(4,5)26)22(30)33-20(16-29)13-19-8-7-18(15-27-19)17-9-11-32-12-10-17/h7-8,15,17,20-22,29-30H,9-14,16H2,1-6H3/t20-,21+,22?/m1/s1. The van der Waals surface area contributed by atoms with E-state index in [9.17, 15) is 19.4 Å². The molecule has 9 heteroatoms. The van der Waals surface area contributed by atoms with Crippen LogP contribution in [0, 0.1) is 0 Å². The van der Waals surface area contributed by atoms with E-state index in [4.69, 9.17) is 14.2 Å². The van der Waals surface area contributed by atoms with E-state index < -0.39 is 35.8 Å². The van der Waals surface area contributed by atoms with Crippen molar-refractivity contribution in [2.45, 2.75) is 95.9 Å². The lowest BCUT2D eigenvalue weighted by molar-refractivity contribution is -0.181. The molecule has 0 radical (unpaired) electrons. The van der Waals surface area contributed by atoms with Crippen LogP contribution in [0.15, 0.2) is 18.3 Å². The van der Waals surface area contributed by atoms with Crippen molar-refractivity contribution in [1.29, 1.82) is 0 Å². The van der Waals surface area contributed by atoms with Crippen molar-refractivity contribution in [2.75, 3.05) is 26.9 Å². The van der Waals surface area contributed by atoms with Gasteiger partial charge in [-0.05, 0) is 65.0 Å². The highest BCUT2D eigenvalue weighted by atomic mass is 19.1. The molecule has 194 valence electrons. The van der Waals surface area contributed by atoms with Crippen LogP contribution in [-0.4, -0.2) is 82.8 Å². The summed E-state index contributed by atoms with van der Waals surface area (Å²) in [7, 11) is 1.43. The zero-order valence-electron chi connectivity index (χ0n) is 21.3. The largest absolute Gasteiger partial charge is 0.444 e. The van der Waals surface area contributed by atoms with Gasteiger partial charge in [0.2, 0.25) is 0 Å². The molecule has 2 heterocycles. The van der Waals surface area contributed by atoms with Crippen LogP contribution in [0.25, 0.3) is 0 Å². The van der Waals surface area contributed by atoms with Crippen molar-refractivity contribution in [3.05, 3.63) is 29.6 Å². The third-order valence-electron chi connectivity index (χ3n) is 5.72. The maximum Gasteiger partial charge on any atom is 0.410 e. The maximum atomic E-state index is 14.5. The van der Waals surface area contributed by atoms with Gasteiger partial charge in [0, 0.05) is 45.0 Å². The number of alkyl halides is 1. The Hall–Kier alpha value is -1.81. The second-order valence-corrected chi connectivity index (χ2v) is 10.6. The third kappa shape index (κ3) is 9.44. The first-order valence-electron chi connectivity index (χ1n) is 11.9. The van der Waals surface area contributed by atoms with Crippen LogP contribution in [0.5, 0.6) is 0 Å². The number of aliphatic hydroxyl groups excluding tert-OH is 2. The Morgan fingerprint density at radius 2 is 1.91 bits per heavy atom. The minimum Gasteiger partial charge on any atom is -0.444 e. The number of nitrogens with zero attached hydrogens (tertiary/aromatic N) is 2. The van der Waals surface area contributed by atoms with Crippen LogP contribution in [-0.2, 0) is 20.6 Å². The van der Waals surface area contributed by atoms with Gasteiger partial charge in [0.1, 0.15) is 11.3 Å². The number of likely N-dealkylation sites (N-methyl/N-ethyl adjacent to an activating group) is 1. The fourth-order valence-electron chi connectivity index (χ4n) is 3.90. The summed E-state index contributed by atoms with van der Waals surface area (Å²) in [5.74, 6) is 0.426. The van der Waals surface area contributed by atoms with Gasteiger partial charge in [-0.15, -0.1) is 0 Å². The Morgan fingerprint density at radius 3 is 2.41 bits per heavy atom. The predicted molar refractivity (Wildman–Crippen MR) is 126 cm³/mol. The molecule has 0 saturated carbocycles. The van der Waals surface area contributed by atoms with Crippen molar-refractivity contribution < 1.29 is 33.6 Å². The normalized spacial score (nSPS) is 18.3. The summed E-state index contributed by atoms with van der Waals surface area (Å²) in [5, 5.41) is 20.7. The summed E-state index contributed by atoms with van der Waals surface area (Å²) < 4.78 is 31.0. The third-order valence-corrected chi connectivity index (χ3v) is 5.72. The molecule has 2 N–H and O–H groups in total. The predicted octanol–water partition coefficient (Wildman–Crippen LogP) is 3.59. The molecule has 3 atom stereocenters. The SMILES string of the molecule is CN(C(=O)OC(C)(C)C)[C@@H](CC(C)(C)F)C(O)O[C@@H](CO)Cc1ccc(C2CCOCC2)cn1. The molecule has 0 aromatic carbocycles. The first-order valence-corrected chi connectivity index (χ1v) is 11.9. The number of carbonyl (C=O) groups is 1. The Kier molecular flexibility index (Phi) is 10.2. The Bertz CT molecular complexity index is 756. The van der Waals surface area contributed by atoms with Crippen molar-refractivity contribution in [3.8, 4) is 0 Å². The first kappa shape index (κ1) is 28.4. The number of pyridine rings is 1. The van der Waals surface area contributed by atoms with Gasteiger partial charge in [-0.1, -0.05) is 6.07 Å². The van der Waals surface area contributed by atoms with Crippen LogP contribution in [0.4, 0.5) is 9.18 Å². The van der Waals surface area contributed by atoms with Crippen molar-refractivity contribution >= 4 is 6.09 Å². The Morgan fingerprint density at radius 1 is 1.26 bits per heavy atom. The second-order valence-electron chi connectivity index (χ2n) is 10.6. The molecule has 1 fully saturated rings. The molecule has 0 bridgehead atoms. The lowest BCUT2D eigenvalue weighted by Crippen LogP contribution is -2.51. The maximum absolute atomic E-state index is 14.5. The minimum absolute atomic E-state index is 0.180. The average Bonchev–Trinajstić information content (AvgIpc) is 2.75. The Labute approximate surface area is 202 Å². The summed E-state index contributed by atoms with van der Waals surface area (Å²) in [6.45, 7) is 9.03. The van der Waals surface area contributed by atoms with E-state index in [1.54, 1.807) is 20.8 Å². The number of amides is 1. The lowest BCUT2D eigenvalue weighted by atomic mass is 9.93. The number of hydrogen-bond acceptors (Lipinski definition) is 7. The monoisotopic (exact) mass is 484 g/mol. The van der Waals surface area contributed by atoms with E-state index in [1.807, 2.05) is 18.3 Å². The van der Waals surface area contributed by atoms with Crippen molar-refractivity contribution in [1.82, 2.24) is 9.88 Å². The smallest absolute Gasteiger partial charge is 0.410 e. The summed E-state index contributed by atoms with van der Waals surface area (Å²) >= 11 is 0. The highest BCUT2D eigenvalue weighted by molar-refractivity contribution is 5.68. The van der Waals surface area contributed by atoms with Gasteiger partial charge < -0.3 is 29.3 Å². The van der Waals surface area contributed by atoms with Gasteiger partial charge in [0.15, 0.2) is 6.29 Å². The molecule has 0 spiro atoms. The molecule has 1 aromatic rings. The number of carbonyl (C=O) groups excluding carboxylic acids is 1. The van der Waals surface area contributed by atoms with Gasteiger partial charge >= 0.3 is 6.09 Å². The molecule has 1 amide bonds. The number of hydrogen-bond donors (Lipinski definition) is 2. The molecule has 1 aliphatic heterocycles. The summed E-state index contributed by atoms with van der Waals surface area (Å²) in [5.41, 5.74) is -0.576. The van der Waals surface area contributed by atoms with Crippen molar-refractivity contribution in [3.63, 3.8) is 0 Å². The molecule has 2 rings (SSSR count). The molecular weight excluding hydrogens is 443 g/mol. The number of aliphatic hydroxyl groups is 2. The molecule has 34 heavy (non-hydrogen) atoms. The zero-order chi connectivity index (χ0) is 25.5. The highest BCUT2D eigenvalue weighted by Gasteiger charge is 2.36. The van der Waals surface area contributed by atoms with Gasteiger partial charge in [-0.2, -0.15) is 0 Å². The molecule has 8 nitrogen and oxygen atoms in total. The van der Waals surface area contributed by atoms with Crippen LogP contribution in [0.3, 0.4) is 0 Å². The molecule has 1 aromatic heterocycles.